The average Bonchev–Trinajstić information content (AvgIpc) is 2.83. The number of alkyl halides is 1. The number of rotatable bonds is 8. The molecule has 1 aromatic carbocycles. The number of halogens is 1. The number of thioether (sulfide) groups is 1. The van der Waals surface area contributed by atoms with Crippen molar-refractivity contribution < 1.29 is 9.47 Å². The van der Waals surface area contributed by atoms with Crippen molar-refractivity contribution in [3.63, 3.8) is 0 Å². The predicted molar refractivity (Wildman–Crippen MR) is 90.3 cm³/mol. The van der Waals surface area contributed by atoms with Crippen LogP contribution in [-0.2, 0) is 13.0 Å². The highest BCUT2D eigenvalue weighted by Crippen LogP contribution is 2.32. The molecule has 21 heavy (non-hydrogen) atoms. The Labute approximate surface area is 134 Å². The second-order valence-electron chi connectivity index (χ2n) is 4.66. The first kappa shape index (κ1) is 16.3. The molecule has 0 amide bonds. The fraction of sp³-hybridized carbons (Fsp3) is 0.533. The molecular weight excluding hydrogens is 308 g/mol. The van der Waals surface area contributed by atoms with E-state index in [1.165, 1.54) is 0 Å². The first-order valence-electron chi connectivity index (χ1n) is 6.91. The molecule has 0 saturated carbocycles. The summed E-state index contributed by atoms with van der Waals surface area (Å²) in [5.74, 6) is 4.16. The molecule has 0 N–H and O–H groups in total. The number of fused-ring (bicyclic) bond motifs is 1. The number of ether oxygens (including phenoxy) is 2. The van der Waals surface area contributed by atoms with Crippen molar-refractivity contribution >= 4 is 34.4 Å². The minimum atomic E-state index is 0.570. The highest BCUT2D eigenvalue weighted by molar-refractivity contribution is 7.98. The van der Waals surface area contributed by atoms with Crippen LogP contribution < -0.4 is 9.47 Å². The van der Waals surface area contributed by atoms with Crippen LogP contribution in [0.25, 0.3) is 11.0 Å². The van der Waals surface area contributed by atoms with Gasteiger partial charge in [0.25, 0.3) is 0 Å². The van der Waals surface area contributed by atoms with Gasteiger partial charge < -0.3 is 14.0 Å². The molecule has 0 atom stereocenters. The van der Waals surface area contributed by atoms with E-state index in [4.69, 9.17) is 26.1 Å². The Morgan fingerprint density at radius 3 is 2.57 bits per heavy atom. The molecule has 0 aliphatic carbocycles. The molecule has 1 heterocycles. The summed E-state index contributed by atoms with van der Waals surface area (Å²) in [6, 6.07) is 3.93. The third kappa shape index (κ3) is 3.58. The predicted octanol–water partition coefficient (Wildman–Crippen LogP) is 3.59. The van der Waals surface area contributed by atoms with Crippen LogP contribution in [0.1, 0.15) is 12.2 Å². The summed E-state index contributed by atoms with van der Waals surface area (Å²) < 4.78 is 13.0. The topological polar surface area (TPSA) is 36.3 Å². The van der Waals surface area contributed by atoms with Crippen LogP contribution in [0.3, 0.4) is 0 Å². The quantitative estimate of drug-likeness (QED) is 0.548. The maximum Gasteiger partial charge on any atom is 0.163 e. The van der Waals surface area contributed by atoms with E-state index in [-0.39, 0.29) is 0 Å². The van der Waals surface area contributed by atoms with Crippen molar-refractivity contribution in [3.8, 4) is 11.5 Å². The van der Waals surface area contributed by atoms with Crippen LogP contribution in [-0.4, -0.2) is 41.7 Å². The summed E-state index contributed by atoms with van der Waals surface area (Å²) in [6.07, 6.45) is 4.00. The molecule has 116 valence electrons. The molecule has 4 nitrogen and oxygen atoms in total. The number of aromatic nitrogens is 2. The first-order valence-corrected chi connectivity index (χ1v) is 8.84. The molecular formula is C15H21ClN2O2S. The highest BCUT2D eigenvalue weighted by Gasteiger charge is 2.14. The molecule has 0 bridgehead atoms. The lowest BCUT2D eigenvalue weighted by Gasteiger charge is -2.10. The molecule has 0 fully saturated rings. The first-order chi connectivity index (χ1) is 10.2. The normalized spacial score (nSPS) is 11.0. The smallest absolute Gasteiger partial charge is 0.163 e. The summed E-state index contributed by atoms with van der Waals surface area (Å²) >= 11 is 7.76. The fourth-order valence-electron chi connectivity index (χ4n) is 2.39. The largest absolute Gasteiger partial charge is 0.493 e. The van der Waals surface area contributed by atoms with Crippen molar-refractivity contribution in [1.29, 1.82) is 0 Å². The number of hydrogen-bond donors (Lipinski definition) is 0. The standard InChI is InChI=1S/C15H21ClN2O2S/c1-19-13-9-11-12(10-14(13)20-2)18(7-4-8-21-3)15(17-11)5-6-16/h9-10H,4-8H2,1-3H3. The Morgan fingerprint density at radius 2 is 1.95 bits per heavy atom. The van der Waals surface area contributed by atoms with Gasteiger partial charge in [0.1, 0.15) is 5.82 Å². The fourth-order valence-corrected chi connectivity index (χ4v) is 2.98. The molecule has 2 aromatic rings. The number of methoxy groups -OCH3 is 2. The Kier molecular flexibility index (Phi) is 6.06. The zero-order valence-electron chi connectivity index (χ0n) is 12.7. The number of aryl methyl sites for hydroxylation is 2. The Balaban J connectivity index is 2.47. The van der Waals surface area contributed by atoms with E-state index >= 15 is 0 Å². The summed E-state index contributed by atoms with van der Waals surface area (Å²) in [6.45, 7) is 0.943. The third-order valence-corrected chi connectivity index (χ3v) is 4.27. The zero-order valence-corrected chi connectivity index (χ0v) is 14.3. The molecule has 0 radical (unpaired) electrons. The molecule has 0 aliphatic rings. The van der Waals surface area contributed by atoms with Crippen molar-refractivity contribution in [2.75, 3.05) is 32.1 Å². The van der Waals surface area contributed by atoms with E-state index in [2.05, 4.69) is 10.8 Å². The van der Waals surface area contributed by atoms with Crippen LogP contribution in [0.2, 0.25) is 0 Å². The Hall–Kier alpha value is -1.07. The molecule has 2 rings (SSSR count). The molecule has 6 heteroatoms. The lowest BCUT2D eigenvalue weighted by molar-refractivity contribution is 0.355. The van der Waals surface area contributed by atoms with Gasteiger partial charge in [0, 0.05) is 31.0 Å². The van der Waals surface area contributed by atoms with E-state index in [0.717, 1.165) is 47.7 Å². The van der Waals surface area contributed by atoms with E-state index in [0.29, 0.717) is 11.6 Å². The Morgan fingerprint density at radius 1 is 1.24 bits per heavy atom. The van der Waals surface area contributed by atoms with Gasteiger partial charge in [-0.25, -0.2) is 4.98 Å². The van der Waals surface area contributed by atoms with Gasteiger partial charge in [-0.3, -0.25) is 0 Å². The van der Waals surface area contributed by atoms with Gasteiger partial charge in [0.2, 0.25) is 0 Å². The molecule has 0 saturated heterocycles. The number of nitrogens with zero attached hydrogens (tertiary/aromatic N) is 2. The van der Waals surface area contributed by atoms with Crippen molar-refractivity contribution in [2.45, 2.75) is 19.4 Å². The van der Waals surface area contributed by atoms with Gasteiger partial charge in [0.05, 0.1) is 25.3 Å². The van der Waals surface area contributed by atoms with Crippen LogP contribution in [0.5, 0.6) is 11.5 Å². The van der Waals surface area contributed by atoms with Crippen molar-refractivity contribution in [3.05, 3.63) is 18.0 Å². The van der Waals surface area contributed by atoms with Gasteiger partial charge in [0.15, 0.2) is 11.5 Å². The molecule has 1 aromatic heterocycles. The number of hydrogen-bond acceptors (Lipinski definition) is 4. The minimum absolute atomic E-state index is 0.570. The third-order valence-electron chi connectivity index (χ3n) is 3.38. The van der Waals surface area contributed by atoms with Gasteiger partial charge in [-0.2, -0.15) is 11.8 Å². The van der Waals surface area contributed by atoms with E-state index in [9.17, 15) is 0 Å². The molecule has 0 unspecified atom stereocenters. The number of benzene rings is 1. The second-order valence-corrected chi connectivity index (χ2v) is 6.02. The SMILES string of the molecule is COc1cc2nc(CCCl)n(CCCSC)c2cc1OC. The lowest BCUT2D eigenvalue weighted by atomic mass is 10.2. The van der Waals surface area contributed by atoms with Gasteiger partial charge in [-0.1, -0.05) is 0 Å². The summed E-state index contributed by atoms with van der Waals surface area (Å²) in [7, 11) is 3.29. The van der Waals surface area contributed by atoms with E-state index in [1.807, 2.05) is 23.9 Å². The van der Waals surface area contributed by atoms with Crippen molar-refractivity contribution in [2.24, 2.45) is 0 Å². The van der Waals surface area contributed by atoms with Gasteiger partial charge in [-0.05, 0) is 18.4 Å². The van der Waals surface area contributed by atoms with Gasteiger partial charge in [-0.15, -0.1) is 11.6 Å². The average molecular weight is 329 g/mol. The summed E-state index contributed by atoms with van der Waals surface area (Å²) in [4.78, 5) is 4.70. The Bertz CT molecular complexity index is 601. The van der Waals surface area contributed by atoms with Gasteiger partial charge >= 0.3 is 0 Å². The maximum absolute atomic E-state index is 5.91. The van der Waals surface area contributed by atoms with E-state index in [1.54, 1.807) is 14.2 Å². The number of imidazole rings is 1. The highest BCUT2D eigenvalue weighted by atomic mass is 35.5. The van der Waals surface area contributed by atoms with Crippen LogP contribution in [0.15, 0.2) is 12.1 Å². The summed E-state index contributed by atoms with van der Waals surface area (Å²) in [5.41, 5.74) is 2.01. The monoisotopic (exact) mass is 328 g/mol. The van der Waals surface area contributed by atoms with Crippen molar-refractivity contribution in [1.82, 2.24) is 9.55 Å². The second kappa shape index (κ2) is 7.80. The minimum Gasteiger partial charge on any atom is -0.493 e. The lowest BCUT2D eigenvalue weighted by Crippen LogP contribution is -2.05. The van der Waals surface area contributed by atoms with Crippen LogP contribution in [0.4, 0.5) is 0 Å². The molecule has 0 aliphatic heterocycles. The van der Waals surface area contributed by atoms with Crippen LogP contribution >= 0.6 is 23.4 Å². The zero-order chi connectivity index (χ0) is 15.2. The van der Waals surface area contributed by atoms with E-state index < -0.39 is 0 Å². The molecule has 0 spiro atoms. The maximum atomic E-state index is 5.91. The summed E-state index contributed by atoms with van der Waals surface area (Å²) in [5, 5.41) is 0. The van der Waals surface area contributed by atoms with Crippen LogP contribution in [0, 0.1) is 0 Å².